The fraction of sp³-hybridized carbons (Fsp3) is 0.955. The number of hydrogen-bond acceptors (Lipinski definition) is 45. The smallest absolute Gasteiger partial charge is 0.217 e. The number of nitrogens with two attached hydrogens (primary N) is 3. The molecular weight excluding hydrogens is 1550 g/mol. The minimum Gasteiger partial charge on any atom is -0.394 e. The average Bonchev–Trinajstić information content (AvgIpc) is 0.770. The second-order valence-electron chi connectivity index (χ2n) is 29.2. The van der Waals surface area contributed by atoms with Gasteiger partial charge in [-0.3, -0.25) is 14.4 Å². The number of methoxy groups -OCH3 is 3. The Bertz CT molecular complexity index is 2760. The van der Waals surface area contributed by atoms with Gasteiger partial charge in [0.25, 0.3) is 0 Å². The van der Waals surface area contributed by atoms with Crippen molar-refractivity contribution in [2.45, 2.75) is 299 Å². The highest BCUT2D eigenvalue weighted by Gasteiger charge is 2.59. The van der Waals surface area contributed by atoms with Gasteiger partial charge in [0.2, 0.25) is 17.7 Å². The van der Waals surface area contributed by atoms with E-state index in [1.165, 1.54) is 35.2 Å². The molecule has 24 unspecified atom stereocenters. The van der Waals surface area contributed by atoms with Crippen LogP contribution in [0.4, 0.5) is 0 Å². The topological polar surface area (TPSA) is 756 Å². The first-order valence-corrected chi connectivity index (χ1v) is 37.1. The van der Waals surface area contributed by atoms with Crippen LogP contribution in [0.5, 0.6) is 0 Å². The molecule has 0 aromatic heterocycles. The molecule has 9 aliphatic heterocycles. The molecule has 9 rings (SSSR count). The highest BCUT2D eigenvalue weighted by Crippen LogP contribution is 2.39. The van der Waals surface area contributed by atoms with Gasteiger partial charge in [-0.15, -0.1) is 0 Å². The molecular formula is C66H120N6O42. The monoisotopic (exact) mass is 1670 g/mol. The Morgan fingerprint density at radius 1 is 0.263 bits per heavy atom. The zero-order valence-electron chi connectivity index (χ0n) is 64.0. The minimum atomic E-state index is -1.83. The highest BCUT2D eigenvalue weighted by molar-refractivity contribution is 5.74. The maximum absolute atomic E-state index is 12.2. The van der Waals surface area contributed by atoms with Crippen LogP contribution in [0.25, 0.3) is 0 Å². The molecule has 9 fully saturated rings. The second-order valence-corrected chi connectivity index (χ2v) is 29.2. The van der Waals surface area contributed by atoms with E-state index in [-0.39, 0.29) is 0 Å². The maximum Gasteiger partial charge on any atom is 0.217 e. The molecule has 45 atom stereocenters. The van der Waals surface area contributed by atoms with Crippen molar-refractivity contribution in [1.29, 1.82) is 0 Å². The number of aliphatic hydroxyl groups is 21. The molecule has 0 aliphatic carbocycles. The van der Waals surface area contributed by atoms with Crippen molar-refractivity contribution in [2.75, 3.05) is 80.8 Å². The van der Waals surface area contributed by atoms with Crippen molar-refractivity contribution in [3.8, 4) is 0 Å². The number of rotatable bonds is 27. The van der Waals surface area contributed by atoms with Gasteiger partial charge < -0.3 is 226 Å². The van der Waals surface area contributed by atoms with E-state index >= 15 is 0 Å². The lowest BCUT2D eigenvalue weighted by molar-refractivity contribution is -0.377. The van der Waals surface area contributed by atoms with Crippen LogP contribution in [0, 0.1) is 17.8 Å². The van der Waals surface area contributed by atoms with Crippen LogP contribution in [-0.4, -0.2) is 463 Å². The fourth-order valence-corrected chi connectivity index (χ4v) is 14.7. The van der Waals surface area contributed by atoms with Crippen molar-refractivity contribution in [2.24, 2.45) is 35.0 Å². The van der Waals surface area contributed by atoms with E-state index in [0.29, 0.717) is 0 Å². The van der Waals surface area contributed by atoms with Crippen LogP contribution in [0.1, 0.15) is 41.5 Å². The van der Waals surface area contributed by atoms with Gasteiger partial charge in [-0.05, 0) is 0 Å². The first-order chi connectivity index (χ1) is 53.9. The molecule has 0 saturated carbocycles. The Morgan fingerprint density at radius 3 is 0.851 bits per heavy atom. The van der Waals surface area contributed by atoms with E-state index in [0.717, 1.165) is 6.92 Å². The molecule has 9 aliphatic rings. The molecule has 48 heteroatoms. The summed E-state index contributed by atoms with van der Waals surface area (Å²) in [7, 11) is 3.83. The summed E-state index contributed by atoms with van der Waals surface area (Å²) in [6.07, 6.45) is -48.4. The zero-order valence-corrected chi connectivity index (χ0v) is 64.0. The summed E-state index contributed by atoms with van der Waals surface area (Å²) in [5, 5.41) is 223. The van der Waals surface area contributed by atoms with Gasteiger partial charge in [0.15, 0.2) is 56.6 Å². The number of amides is 3. The average molecular weight is 1670 g/mol. The van der Waals surface area contributed by atoms with E-state index < -0.39 is 353 Å². The first-order valence-electron chi connectivity index (χ1n) is 37.1. The molecule has 48 nitrogen and oxygen atoms in total. The summed E-state index contributed by atoms with van der Waals surface area (Å²) in [4.78, 5) is 35.9. The molecule has 0 aromatic carbocycles. The van der Waals surface area contributed by atoms with Crippen LogP contribution in [-0.2, 0) is 99.6 Å². The normalized spacial score (nSPS) is 48.0. The number of aliphatic hydroxyl groups excluding tert-OH is 21. The molecule has 0 aromatic rings. The van der Waals surface area contributed by atoms with Crippen molar-refractivity contribution in [1.82, 2.24) is 16.0 Å². The predicted octanol–water partition coefficient (Wildman–Crippen LogP) is -16.6. The lowest BCUT2D eigenvalue weighted by atomic mass is 9.89. The van der Waals surface area contributed by atoms with E-state index in [2.05, 4.69) is 16.0 Å². The number of nitrogens with one attached hydrogen (secondary N) is 3. The van der Waals surface area contributed by atoms with E-state index in [1.807, 2.05) is 0 Å². The molecule has 114 heavy (non-hydrogen) atoms. The number of carbonyl (C=O) groups excluding carboxylic acids is 3. The minimum absolute atomic E-state index is 0.392. The first kappa shape index (κ1) is 97.8. The lowest BCUT2D eigenvalue weighted by Crippen LogP contribution is -2.70. The quantitative estimate of drug-likeness (QED) is 0.0363. The summed E-state index contributed by atoms with van der Waals surface area (Å²) in [6, 6.07) is -6.98. The largest absolute Gasteiger partial charge is 0.394 e. The third kappa shape index (κ3) is 22.5. The van der Waals surface area contributed by atoms with E-state index in [1.54, 1.807) is 20.8 Å². The molecule has 9 heterocycles. The van der Waals surface area contributed by atoms with E-state index in [4.69, 9.17) is 102 Å². The van der Waals surface area contributed by atoms with Crippen molar-refractivity contribution < 1.29 is 207 Å². The highest BCUT2D eigenvalue weighted by atomic mass is 16.8. The molecule has 0 radical (unpaired) electrons. The van der Waals surface area contributed by atoms with Crippen LogP contribution >= 0.6 is 0 Å². The summed E-state index contributed by atoms with van der Waals surface area (Å²) >= 11 is 0. The van der Waals surface area contributed by atoms with Crippen molar-refractivity contribution in [3.63, 3.8) is 0 Å². The summed E-state index contributed by atoms with van der Waals surface area (Å²) in [5.74, 6) is -3.39. The Morgan fingerprint density at radius 2 is 0.482 bits per heavy atom. The van der Waals surface area contributed by atoms with Crippen LogP contribution in [0.2, 0.25) is 0 Å². The van der Waals surface area contributed by atoms with Gasteiger partial charge in [0.05, 0.1) is 114 Å². The number of hydrogen-bond donors (Lipinski definition) is 27. The standard InChI is InChI=1S/C26H45N3O15.C20H39N3O12.C20H36O15/c1-9-13(6-30)40-25(16(19(9)36)27-10(2)33)43-23-15(8-32)42-26(18(21(23)38)29-12(4)35)44-22-14(7-31)41-24(39-5)17(20(22)37)28-11(3)34;1-6-7(3-24)31-19(10(21)13(6)27)34-17-9(5-26)33-20(12(23)15(17)29)35-16-8(4-25)32-18(30-2)11(22)14(16)28;1-6-7(3-21)31-19(13(27)10(6)24)34-17-9(5-23)33-20(15(29)12(17)26)35-16-8(4-22)32-18(30-2)14(28)11(16)25/h9,13-26,30-32,36-38H,6-8H2,1-5H3,(H,27,33)(H,28,34)(H,29,35);6-20,24-29H,3-5,21-23H2,1-2H3;6-29H,3-5H2,1-2H3/t9-,13+,14+,15?,16?,17?,18?,19?,20?,21-,22-,23?,24-,25+,26?;6-,7+,8+,9?,10?,11?,12?,13?,14?,15-,16-,17?,18-,19+,20?;6-,7+,8+,9?,10?,11?,12-,13?,14?,15?,16-,17?,18-,19+,20?/m111/s1. The Hall–Kier alpha value is -3.27. The number of carbonyl (C=O) groups is 3. The summed E-state index contributed by atoms with van der Waals surface area (Å²) in [6.45, 7) is 3.03. The third-order valence-corrected chi connectivity index (χ3v) is 21.5. The second kappa shape index (κ2) is 44.5. The van der Waals surface area contributed by atoms with E-state index in [9.17, 15) is 122 Å². The Kier molecular flexibility index (Phi) is 38.2. The SMILES string of the molecule is CO[C@@H]1O[C@@H](CO)[C@@H](OC2OC(CO)C(O[C@@H]3O[C@@H](CO)[C@@H](C)C(O)C3N)[C@H](O)C2N)C(O)C1N.CO[C@@H]1O[C@@H](CO)[C@@H](OC2OC(CO)C(O[C@@H]3O[C@@H](CO)[C@@H](C)C(O)C3NC(C)=O)[C@H](O)C2NC(C)=O)C(O)C1NC(C)=O.CO[C@@H]1O[C@@H](CO)[C@@H](OC2OC(CO)C(O[C@@H]3O[C@@H](CO)[C@@H](C)C(O)C3O)[C@H](O)C2O)C(O)C1O. The maximum atomic E-state index is 12.2. The van der Waals surface area contributed by atoms with Gasteiger partial charge in [0, 0.05) is 59.9 Å². The van der Waals surface area contributed by atoms with Crippen molar-refractivity contribution >= 4 is 17.7 Å². The molecule has 0 bridgehead atoms. The van der Waals surface area contributed by atoms with Crippen LogP contribution in [0.15, 0.2) is 0 Å². The van der Waals surface area contributed by atoms with Crippen LogP contribution in [0.3, 0.4) is 0 Å². The van der Waals surface area contributed by atoms with Gasteiger partial charge >= 0.3 is 0 Å². The molecule has 666 valence electrons. The van der Waals surface area contributed by atoms with Gasteiger partial charge in [-0.2, -0.15) is 0 Å². The number of ether oxygens (including phenoxy) is 18. The fourth-order valence-electron chi connectivity index (χ4n) is 14.7. The third-order valence-electron chi connectivity index (χ3n) is 21.5. The lowest BCUT2D eigenvalue weighted by Gasteiger charge is -2.50. The molecule has 3 amide bonds. The summed E-state index contributed by atoms with van der Waals surface area (Å²) in [5.41, 5.74) is 18.1. The molecule has 30 N–H and O–H groups in total. The summed E-state index contributed by atoms with van der Waals surface area (Å²) < 4.78 is 100. The predicted molar refractivity (Wildman–Crippen MR) is 368 cm³/mol. The molecule has 9 saturated heterocycles. The molecule has 0 spiro atoms. The Labute approximate surface area is 653 Å². The van der Waals surface area contributed by atoms with Gasteiger partial charge in [0.1, 0.15) is 146 Å². The van der Waals surface area contributed by atoms with Crippen molar-refractivity contribution in [3.05, 3.63) is 0 Å². The zero-order chi connectivity index (χ0) is 84.9. The van der Waals surface area contributed by atoms with Crippen LogP contribution < -0.4 is 33.2 Å². The van der Waals surface area contributed by atoms with Gasteiger partial charge in [-0.25, -0.2) is 0 Å². The van der Waals surface area contributed by atoms with Gasteiger partial charge in [-0.1, -0.05) is 20.8 Å². The Balaban J connectivity index is 0.000000239.